The van der Waals surface area contributed by atoms with Gasteiger partial charge in [-0.25, -0.2) is 9.98 Å². The lowest BCUT2D eigenvalue weighted by Crippen LogP contribution is -2.48. The van der Waals surface area contributed by atoms with E-state index >= 15 is 0 Å². The standard InChI is InChI=1S/C26H35N7.HI/c1-4-27-26(30-21-12-15-33(16-13-21)19-22-9-7-8-14-28-22)29-18-20-17-25(32(2)3)31-24-11-6-5-10-23(20)24;/h5-11,14,17,21H,4,12-13,15-16,18-19H2,1-3H3,(H2,27,29,30);1H. The van der Waals surface area contributed by atoms with Crippen molar-refractivity contribution >= 4 is 46.7 Å². The Bertz CT molecular complexity index is 1060. The lowest BCUT2D eigenvalue weighted by molar-refractivity contribution is 0.196. The molecule has 1 aliphatic rings. The highest BCUT2D eigenvalue weighted by Gasteiger charge is 2.20. The summed E-state index contributed by atoms with van der Waals surface area (Å²) in [6, 6.07) is 17.0. The molecule has 3 aromatic rings. The topological polar surface area (TPSA) is 68.7 Å². The van der Waals surface area contributed by atoms with Gasteiger partial charge in [0.25, 0.3) is 0 Å². The number of pyridine rings is 2. The Labute approximate surface area is 220 Å². The van der Waals surface area contributed by atoms with E-state index in [1.165, 1.54) is 5.56 Å². The minimum atomic E-state index is 0. The Morgan fingerprint density at radius 3 is 2.59 bits per heavy atom. The number of halogens is 1. The van der Waals surface area contributed by atoms with Gasteiger partial charge < -0.3 is 15.5 Å². The van der Waals surface area contributed by atoms with Crippen molar-refractivity contribution in [2.75, 3.05) is 38.6 Å². The summed E-state index contributed by atoms with van der Waals surface area (Å²) in [6.45, 7) is 6.61. The van der Waals surface area contributed by atoms with Crippen LogP contribution in [0.3, 0.4) is 0 Å². The van der Waals surface area contributed by atoms with Crippen LogP contribution in [0.4, 0.5) is 5.82 Å². The van der Waals surface area contributed by atoms with E-state index in [4.69, 9.17) is 9.98 Å². The molecule has 1 fully saturated rings. The van der Waals surface area contributed by atoms with E-state index in [0.29, 0.717) is 12.6 Å². The molecule has 0 aliphatic carbocycles. The van der Waals surface area contributed by atoms with E-state index in [1.54, 1.807) is 0 Å². The third-order valence-corrected chi connectivity index (χ3v) is 6.04. The number of piperidine rings is 1. The second-order valence-electron chi connectivity index (χ2n) is 8.76. The number of anilines is 1. The SMILES string of the molecule is CCNC(=NCc1cc(N(C)C)nc2ccccc12)NC1CCN(Cc2ccccn2)CC1.I. The number of likely N-dealkylation sites (tertiary alicyclic amines) is 1. The number of benzene rings is 1. The van der Waals surface area contributed by atoms with Crippen LogP contribution in [-0.2, 0) is 13.1 Å². The summed E-state index contributed by atoms with van der Waals surface area (Å²) in [7, 11) is 4.05. The molecule has 2 N–H and O–H groups in total. The van der Waals surface area contributed by atoms with Crippen LogP contribution in [0.25, 0.3) is 10.9 Å². The number of aromatic nitrogens is 2. The number of para-hydroxylation sites is 1. The van der Waals surface area contributed by atoms with Gasteiger partial charge in [-0.1, -0.05) is 24.3 Å². The average molecular weight is 574 g/mol. The molecule has 0 bridgehead atoms. The van der Waals surface area contributed by atoms with Crippen LogP contribution in [-0.4, -0.2) is 60.6 Å². The number of fused-ring (bicyclic) bond motifs is 1. The first-order valence-electron chi connectivity index (χ1n) is 11.9. The first kappa shape index (κ1) is 26.2. The second kappa shape index (κ2) is 12.9. The van der Waals surface area contributed by atoms with Crippen molar-refractivity contribution in [2.24, 2.45) is 4.99 Å². The molecule has 3 heterocycles. The van der Waals surface area contributed by atoms with E-state index in [9.17, 15) is 0 Å². The number of rotatable bonds is 7. The number of nitrogens with zero attached hydrogens (tertiary/aromatic N) is 5. The third-order valence-electron chi connectivity index (χ3n) is 6.04. The molecule has 1 aliphatic heterocycles. The van der Waals surface area contributed by atoms with E-state index in [-0.39, 0.29) is 24.0 Å². The van der Waals surface area contributed by atoms with Crippen molar-refractivity contribution in [1.82, 2.24) is 25.5 Å². The molecule has 4 rings (SSSR count). The van der Waals surface area contributed by atoms with Crippen molar-refractivity contribution < 1.29 is 0 Å². The molecule has 34 heavy (non-hydrogen) atoms. The largest absolute Gasteiger partial charge is 0.363 e. The minimum absolute atomic E-state index is 0. The van der Waals surface area contributed by atoms with Crippen LogP contribution >= 0.6 is 24.0 Å². The molecule has 0 radical (unpaired) electrons. The molecule has 8 heteroatoms. The molecular formula is C26H36IN7. The molecule has 0 atom stereocenters. The maximum absolute atomic E-state index is 4.94. The highest BCUT2D eigenvalue weighted by molar-refractivity contribution is 14.0. The predicted molar refractivity (Wildman–Crippen MR) is 152 cm³/mol. The molecule has 0 unspecified atom stereocenters. The lowest BCUT2D eigenvalue weighted by Gasteiger charge is -2.32. The fourth-order valence-electron chi connectivity index (χ4n) is 4.23. The van der Waals surface area contributed by atoms with Crippen LogP contribution in [0.2, 0.25) is 0 Å². The number of nitrogens with one attached hydrogen (secondary N) is 2. The molecule has 0 spiro atoms. The van der Waals surface area contributed by atoms with E-state index in [1.807, 2.05) is 37.3 Å². The van der Waals surface area contributed by atoms with Crippen LogP contribution in [0.5, 0.6) is 0 Å². The van der Waals surface area contributed by atoms with Gasteiger partial charge in [0.15, 0.2) is 5.96 Å². The zero-order chi connectivity index (χ0) is 23.0. The lowest BCUT2D eigenvalue weighted by atomic mass is 10.0. The van der Waals surface area contributed by atoms with E-state index in [2.05, 4.69) is 63.8 Å². The summed E-state index contributed by atoms with van der Waals surface area (Å²) in [5.74, 6) is 1.84. The van der Waals surface area contributed by atoms with Gasteiger partial charge in [0.05, 0.1) is 17.8 Å². The molecular weight excluding hydrogens is 537 g/mol. The van der Waals surface area contributed by atoms with E-state index < -0.39 is 0 Å². The summed E-state index contributed by atoms with van der Waals surface area (Å²) < 4.78 is 0. The Morgan fingerprint density at radius 1 is 1.12 bits per heavy atom. The summed E-state index contributed by atoms with van der Waals surface area (Å²) in [5, 5.41) is 8.25. The first-order chi connectivity index (χ1) is 16.1. The molecule has 182 valence electrons. The van der Waals surface area contributed by atoms with Crippen LogP contribution in [0, 0.1) is 0 Å². The molecule has 7 nitrogen and oxygen atoms in total. The number of hydrogen-bond acceptors (Lipinski definition) is 5. The van der Waals surface area contributed by atoms with Crippen LogP contribution in [0.1, 0.15) is 31.0 Å². The normalized spacial score (nSPS) is 15.1. The maximum Gasteiger partial charge on any atom is 0.191 e. The van der Waals surface area contributed by atoms with Gasteiger partial charge in [0, 0.05) is 57.9 Å². The monoisotopic (exact) mass is 573 g/mol. The summed E-state index contributed by atoms with van der Waals surface area (Å²) >= 11 is 0. The van der Waals surface area contributed by atoms with Crippen molar-refractivity contribution in [3.63, 3.8) is 0 Å². The Morgan fingerprint density at radius 2 is 1.88 bits per heavy atom. The van der Waals surface area contributed by atoms with Crippen molar-refractivity contribution in [3.05, 3.63) is 66.0 Å². The summed E-state index contributed by atoms with van der Waals surface area (Å²) in [5.41, 5.74) is 3.33. The average Bonchev–Trinajstić information content (AvgIpc) is 2.84. The van der Waals surface area contributed by atoms with Gasteiger partial charge in [0.2, 0.25) is 0 Å². The Hall–Kier alpha value is -2.46. The van der Waals surface area contributed by atoms with Crippen LogP contribution in [0.15, 0.2) is 59.7 Å². The third kappa shape index (κ3) is 7.02. The quantitative estimate of drug-likeness (QED) is 0.253. The van der Waals surface area contributed by atoms with Gasteiger partial charge in [0.1, 0.15) is 5.82 Å². The maximum atomic E-state index is 4.94. The Kier molecular flexibility index (Phi) is 9.88. The van der Waals surface area contributed by atoms with Crippen molar-refractivity contribution in [2.45, 2.75) is 38.9 Å². The highest BCUT2D eigenvalue weighted by atomic mass is 127. The molecule has 2 aromatic heterocycles. The predicted octanol–water partition coefficient (Wildman–Crippen LogP) is 4.03. The molecule has 0 saturated carbocycles. The highest BCUT2D eigenvalue weighted by Crippen LogP contribution is 2.23. The van der Waals surface area contributed by atoms with Crippen molar-refractivity contribution in [1.29, 1.82) is 0 Å². The van der Waals surface area contributed by atoms with E-state index in [0.717, 1.165) is 67.4 Å². The number of hydrogen-bond donors (Lipinski definition) is 2. The van der Waals surface area contributed by atoms with Gasteiger partial charge in [-0.3, -0.25) is 9.88 Å². The van der Waals surface area contributed by atoms with Crippen LogP contribution < -0.4 is 15.5 Å². The fraction of sp³-hybridized carbons (Fsp3) is 0.423. The zero-order valence-electron chi connectivity index (χ0n) is 20.4. The smallest absolute Gasteiger partial charge is 0.191 e. The van der Waals surface area contributed by atoms with Gasteiger partial charge in [-0.05, 0) is 49.6 Å². The molecule has 1 aromatic carbocycles. The summed E-state index contributed by atoms with van der Waals surface area (Å²) in [6.07, 6.45) is 4.07. The summed E-state index contributed by atoms with van der Waals surface area (Å²) in [4.78, 5) is 18.7. The Balaban J connectivity index is 0.00000324. The number of aliphatic imine (C=N–C) groups is 1. The fourth-order valence-corrected chi connectivity index (χ4v) is 4.23. The zero-order valence-corrected chi connectivity index (χ0v) is 22.7. The van der Waals surface area contributed by atoms with Crippen molar-refractivity contribution in [3.8, 4) is 0 Å². The number of guanidine groups is 1. The van der Waals surface area contributed by atoms with Gasteiger partial charge >= 0.3 is 0 Å². The second-order valence-corrected chi connectivity index (χ2v) is 8.76. The minimum Gasteiger partial charge on any atom is -0.363 e. The molecule has 1 saturated heterocycles. The van der Waals surface area contributed by atoms with Gasteiger partial charge in [-0.15, -0.1) is 24.0 Å². The van der Waals surface area contributed by atoms with Gasteiger partial charge in [-0.2, -0.15) is 0 Å². The first-order valence-corrected chi connectivity index (χ1v) is 11.9. The molecule has 0 amide bonds.